The first-order valence-corrected chi connectivity index (χ1v) is 12.7. The van der Waals surface area contributed by atoms with Gasteiger partial charge in [-0.15, -0.1) is 0 Å². The lowest BCUT2D eigenvalue weighted by Crippen LogP contribution is -2.41. The van der Waals surface area contributed by atoms with Crippen molar-refractivity contribution in [1.29, 1.82) is 0 Å². The third-order valence-corrected chi connectivity index (χ3v) is 7.56. The van der Waals surface area contributed by atoms with Gasteiger partial charge in [0, 0.05) is 23.8 Å². The number of hydrogen-bond donors (Lipinski definition) is 2. The van der Waals surface area contributed by atoms with Crippen LogP contribution in [-0.2, 0) is 10.0 Å². The van der Waals surface area contributed by atoms with E-state index in [1.165, 1.54) is 24.4 Å². The number of H-pyrrole nitrogens is 1. The first-order chi connectivity index (χ1) is 16.4. The Balaban J connectivity index is 1.80. The number of nitrogens with zero attached hydrogens (tertiary/aromatic N) is 2. The van der Waals surface area contributed by atoms with E-state index in [0.29, 0.717) is 35.1 Å². The van der Waals surface area contributed by atoms with Crippen LogP contribution in [0, 0.1) is 18.7 Å². The molecule has 0 unspecified atom stereocenters. The van der Waals surface area contributed by atoms with Crippen LogP contribution in [0.5, 0.6) is 0 Å². The Morgan fingerprint density at radius 3 is 2.60 bits per heavy atom. The number of sulfonamides is 1. The molecule has 184 valence electrons. The number of nitrogens with one attached hydrogen (secondary N) is 2. The standard InChI is InChI=1S/C25H27FN4O4S/c1-15-13-25(3,4)30(14-15)22-18(8-10-20(28-22)17-7-9-19(26)16(2)12-17)23(31)29-35(33,34)21-6-5-11-27-24(21)32/h5-12,15H,13-14H2,1-4H3,(H,27,32)(H,29,31)/t15-/m0/s1. The molecular weight excluding hydrogens is 471 g/mol. The monoisotopic (exact) mass is 498 g/mol. The van der Waals surface area contributed by atoms with E-state index >= 15 is 0 Å². The molecule has 1 fully saturated rings. The van der Waals surface area contributed by atoms with Crippen LogP contribution >= 0.6 is 0 Å². The highest BCUT2D eigenvalue weighted by Crippen LogP contribution is 2.38. The molecule has 3 aromatic rings. The molecule has 3 heterocycles. The number of amides is 1. The predicted octanol–water partition coefficient (Wildman–Crippen LogP) is 3.63. The van der Waals surface area contributed by atoms with Crippen LogP contribution in [0.25, 0.3) is 11.3 Å². The van der Waals surface area contributed by atoms with Crippen LogP contribution in [0.2, 0.25) is 0 Å². The van der Waals surface area contributed by atoms with E-state index in [2.05, 4.69) is 11.9 Å². The highest BCUT2D eigenvalue weighted by atomic mass is 32.2. The van der Waals surface area contributed by atoms with Crippen molar-refractivity contribution in [3.63, 3.8) is 0 Å². The van der Waals surface area contributed by atoms with Gasteiger partial charge in [0.2, 0.25) is 0 Å². The van der Waals surface area contributed by atoms with Gasteiger partial charge in [-0.05, 0) is 81.1 Å². The van der Waals surface area contributed by atoms with Crippen LogP contribution in [0.15, 0.2) is 58.4 Å². The zero-order chi connectivity index (χ0) is 25.5. The fraction of sp³-hybridized carbons (Fsp3) is 0.320. The second kappa shape index (κ2) is 8.92. The predicted molar refractivity (Wildman–Crippen MR) is 131 cm³/mol. The van der Waals surface area contributed by atoms with Crippen LogP contribution in [0.4, 0.5) is 10.2 Å². The lowest BCUT2D eigenvalue weighted by atomic mass is 9.97. The third kappa shape index (κ3) is 4.84. The van der Waals surface area contributed by atoms with Crippen LogP contribution < -0.4 is 15.2 Å². The Bertz CT molecular complexity index is 1470. The molecule has 8 nitrogen and oxygen atoms in total. The summed E-state index contributed by atoms with van der Waals surface area (Å²) in [4.78, 5) is 33.7. The number of aromatic amines is 1. The van der Waals surface area contributed by atoms with E-state index in [0.717, 1.165) is 12.5 Å². The number of halogens is 1. The summed E-state index contributed by atoms with van der Waals surface area (Å²) >= 11 is 0. The molecule has 1 aliphatic heterocycles. The van der Waals surface area contributed by atoms with E-state index in [4.69, 9.17) is 4.98 Å². The van der Waals surface area contributed by atoms with Gasteiger partial charge in [-0.2, -0.15) is 0 Å². The summed E-state index contributed by atoms with van der Waals surface area (Å²) in [7, 11) is -4.42. The quantitative estimate of drug-likeness (QED) is 0.556. The maximum atomic E-state index is 13.8. The zero-order valence-corrected chi connectivity index (χ0v) is 20.7. The van der Waals surface area contributed by atoms with Crippen LogP contribution in [0.3, 0.4) is 0 Å². The average Bonchev–Trinajstić information content (AvgIpc) is 3.06. The number of aromatic nitrogens is 2. The van der Waals surface area contributed by atoms with Crippen LogP contribution in [0.1, 0.15) is 43.1 Å². The third-order valence-electron chi connectivity index (χ3n) is 6.20. The SMILES string of the molecule is Cc1cc(-c2ccc(C(=O)NS(=O)(=O)c3ccc[nH]c3=O)c(N3C[C@@H](C)CC3(C)C)n2)ccc1F. The minimum Gasteiger partial charge on any atom is -0.351 e. The second-order valence-electron chi connectivity index (χ2n) is 9.56. The summed E-state index contributed by atoms with van der Waals surface area (Å²) < 4.78 is 41.4. The molecule has 1 saturated heterocycles. The number of aryl methyl sites for hydroxylation is 1. The van der Waals surface area contributed by atoms with Crippen molar-refractivity contribution in [3.8, 4) is 11.3 Å². The lowest BCUT2D eigenvalue weighted by molar-refractivity contribution is 0.0981. The Kier molecular flexibility index (Phi) is 6.27. The molecule has 0 spiro atoms. The summed E-state index contributed by atoms with van der Waals surface area (Å²) in [6.07, 6.45) is 2.16. The Labute approximate surface area is 203 Å². The highest BCUT2D eigenvalue weighted by molar-refractivity contribution is 7.90. The maximum Gasteiger partial charge on any atom is 0.269 e. The van der Waals surface area contributed by atoms with Crippen molar-refractivity contribution in [3.05, 3.63) is 76.0 Å². The number of carbonyl (C=O) groups excluding carboxylic acids is 1. The minimum atomic E-state index is -4.42. The molecule has 10 heteroatoms. The molecule has 1 atom stereocenters. The first kappa shape index (κ1) is 24.6. The van der Waals surface area contributed by atoms with E-state index in [-0.39, 0.29) is 16.9 Å². The molecule has 0 saturated carbocycles. The lowest BCUT2D eigenvalue weighted by Gasteiger charge is -2.34. The summed E-state index contributed by atoms with van der Waals surface area (Å²) in [6.45, 7) is 8.45. The molecule has 2 aromatic heterocycles. The number of benzene rings is 1. The molecule has 0 radical (unpaired) electrons. The number of carbonyl (C=O) groups is 1. The van der Waals surface area contributed by atoms with Gasteiger partial charge in [0.05, 0.1) is 11.3 Å². The van der Waals surface area contributed by atoms with Crippen molar-refractivity contribution < 1.29 is 17.6 Å². The maximum absolute atomic E-state index is 13.8. The van der Waals surface area contributed by atoms with Gasteiger partial charge in [-0.3, -0.25) is 9.59 Å². The highest BCUT2D eigenvalue weighted by Gasteiger charge is 2.39. The van der Waals surface area contributed by atoms with Gasteiger partial charge in [0.25, 0.3) is 21.5 Å². The van der Waals surface area contributed by atoms with E-state index in [1.807, 2.05) is 23.5 Å². The van der Waals surface area contributed by atoms with Crippen LogP contribution in [-0.4, -0.2) is 36.4 Å². The van der Waals surface area contributed by atoms with Gasteiger partial charge >= 0.3 is 0 Å². The Morgan fingerprint density at radius 1 is 1.23 bits per heavy atom. The molecule has 1 aromatic carbocycles. The van der Waals surface area contributed by atoms with Crippen molar-refractivity contribution >= 4 is 21.7 Å². The fourth-order valence-electron chi connectivity index (χ4n) is 4.61. The molecule has 0 bridgehead atoms. The number of rotatable bonds is 5. The Hall–Kier alpha value is -3.53. The summed E-state index contributed by atoms with van der Waals surface area (Å²) in [6, 6.07) is 10.2. The average molecular weight is 499 g/mol. The van der Waals surface area contributed by atoms with Gasteiger partial charge < -0.3 is 9.88 Å². The topological polar surface area (TPSA) is 112 Å². The summed E-state index contributed by atoms with van der Waals surface area (Å²) in [5.41, 5.74) is 0.548. The molecule has 2 N–H and O–H groups in total. The molecular formula is C25H27FN4O4S. The van der Waals surface area contributed by atoms with E-state index in [1.54, 1.807) is 25.1 Å². The second-order valence-corrected chi connectivity index (χ2v) is 11.2. The van der Waals surface area contributed by atoms with E-state index in [9.17, 15) is 22.4 Å². The van der Waals surface area contributed by atoms with Gasteiger partial charge in [-0.1, -0.05) is 6.92 Å². The van der Waals surface area contributed by atoms with E-state index < -0.39 is 26.4 Å². The first-order valence-electron chi connectivity index (χ1n) is 11.2. The number of pyridine rings is 2. The Morgan fingerprint density at radius 2 is 1.97 bits per heavy atom. The van der Waals surface area contributed by atoms with Gasteiger partial charge in [0.1, 0.15) is 11.6 Å². The molecule has 35 heavy (non-hydrogen) atoms. The van der Waals surface area contributed by atoms with Gasteiger partial charge in [0.15, 0.2) is 4.90 Å². The normalized spacial score (nSPS) is 17.4. The van der Waals surface area contributed by atoms with Crippen molar-refractivity contribution in [1.82, 2.24) is 14.7 Å². The van der Waals surface area contributed by atoms with Gasteiger partial charge in [-0.25, -0.2) is 22.5 Å². The number of anilines is 1. The minimum absolute atomic E-state index is 0.0608. The largest absolute Gasteiger partial charge is 0.351 e. The zero-order valence-electron chi connectivity index (χ0n) is 19.9. The summed E-state index contributed by atoms with van der Waals surface area (Å²) in [5.74, 6) is -0.576. The molecule has 1 aliphatic rings. The van der Waals surface area contributed by atoms with Crippen molar-refractivity contribution in [2.24, 2.45) is 5.92 Å². The fourth-order valence-corrected chi connectivity index (χ4v) is 5.63. The smallest absolute Gasteiger partial charge is 0.269 e. The number of hydrogen-bond acceptors (Lipinski definition) is 6. The molecule has 4 rings (SSSR count). The van der Waals surface area contributed by atoms with Crippen molar-refractivity contribution in [2.75, 3.05) is 11.4 Å². The summed E-state index contributed by atoms with van der Waals surface area (Å²) in [5, 5.41) is 0. The van der Waals surface area contributed by atoms with Crippen molar-refractivity contribution in [2.45, 2.75) is 44.6 Å². The molecule has 0 aliphatic carbocycles. The molecule has 1 amide bonds.